The van der Waals surface area contributed by atoms with Gasteiger partial charge < -0.3 is 5.32 Å². The van der Waals surface area contributed by atoms with Crippen LogP contribution in [0, 0.1) is 5.92 Å². The first-order chi connectivity index (χ1) is 8.70. The van der Waals surface area contributed by atoms with E-state index in [9.17, 15) is 8.78 Å². The molecular weight excluding hydrogens is 309 g/mol. The summed E-state index contributed by atoms with van der Waals surface area (Å²) in [6, 6.07) is 0. The number of hydrogen-bond acceptors (Lipinski definition) is 3. The largest absolute Gasteiger partial charge is 0.319 e. The highest BCUT2D eigenvalue weighted by atomic mass is 35.5. The molecule has 2 heterocycles. The first-order valence-corrected chi connectivity index (χ1v) is 6.37. The van der Waals surface area contributed by atoms with Gasteiger partial charge in [-0.2, -0.15) is 8.78 Å². The summed E-state index contributed by atoms with van der Waals surface area (Å²) < 4.78 is 26.4. The number of halogens is 4. The number of hydrogen-bond donors (Lipinski definition) is 1. The normalized spacial score (nSPS) is 19.5. The quantitative estimate of drug-likeness (QED) is 0.900. The summed E-state index contributed by atoms with van der Waals surface area (Å²) in [7, 11) is 1.95. The van der Waals surface area contributed by atoms with Gasteiger partial charge in [0.25, 0.3) is 0 Å². The van der Waals surface area contributed by atoms with Gasteiger partial charge in [0.05, 0.1) is 6.54 Å². The molecule has 0 aliphatic carbocycles. The summed E-state index contributed by atoms with van der Waals surface area (Å²) in [6.07, 6.45) is 5.12. The van der Waals surface area contributed by atoms with Crippen molar-refractivity contribution in [2.24, 2.45) is 5.92 Å². The lowest BCUT2D eigenvalue weighted by atomic mass is 9.98. The van der Waals surface area contributed by atoms with Gasteiger partial charge in [0.15, 0.2) is 0 Å². The van der Waals surface area contributed by atoms with E-state index in [0.717, 1.165) is 30.6 Å². The van der Waals surface area contributed by atoms with E-state index < -0.39 is 6.55 Å². The standard InChI is InChI=1S/C12H20F2N4.2ClH/c1-15-7-10-3-2-5-17(8-10)9-11-16-4-6-18(11)12(13)14;;/h4,6,10,12,15H,2-3,5,7-9H2,1H3;2*1H. The molecule has 118 valence electrons. The van der Waals surface area contributed by atoms with Crippen molar-refractivity contribution in [1.29, 1.82) is 0 Å². The molecule has 1 atom stereocenters. The van der Waals surface area contributed by atoms with Crippen LogP contribution in [0.4, 0.5) is 8.78 Å². The number of rotatable bonds is 5. The van der Waals surface area contributed by atoms with Crippen molar-refractivity contribution in [3.63, 3.8) is 0 Å². The van der Waals surface area contributed by atoms with Crippen molar-refractivity contribution in [2.75, 3.05) is 26.7 Å². The topological polar surface area (TPSA) is 33.1 Å². The van der Waals surface area contributed by atoms with E-state index in [0.29, 0.717) is 18.3 Å². The summed E-state index contributed by atoms with van der Waals surface area (Å²) in [5.41, 5.74) is 0. The van der Waals surface area contributed by atoms with Gasteiger partial charge in [0.1, 0.15) is 5.82 Å². The minimum Gasteiger partial charge on any atom is -0.319 e. The minimum absolute atomic E-state index is 0. The van der Waals surface area contributed by atoms with E-state index in [2.05, 4.69) is 15.2 Å². The lowest BCUT2D eigenvalue weighted by Gasteiger charge is -2.32. The summed E-state index contributed by atoms with van der Waals surface area (Å²) in [5.74, 6) is 1.06. The van der Waals surface area contributed by atoms with Gasteiger partial charge >= 0.3 is 6.55 Å². The maximum absolute atomic E-state index is 12.7. The van der Waals surface area contributed by atoms with Crippen molar-refractivity contribution in [3.8, 4) is 0 Å². The highest BCUT2D eigenvalue weighted by Gasteiger charge is 2.21. The first kappa shape index (κ1) is 19.6. The van der Waals surface area contributed by atoms with Gasteiger partial charge in [-0.05, 0) is 38.9 Å². The number of nitrogens with zero attached hydrogens (tertiary/aromatic N) is 3. The number of piperidine rings is 1. The third kappa shape index (κ3) is 5.16. The Balaban J connectivity index is 0.00000180. The molecule has 1 fully saturated rings. The van der Waals surface area contributed by atoms with Crippen LogP contribution >= 0.6 is 24.8 Å². The second-order valence-corrected chi connectivity index (χ2v) is 4.83. The van der Waals surface area contributed by atoms with Crippen molar-refractivity contribution >= 4 is 24.8 Å². The van der Waals surface area contributed by atoms with Crippen LogP contribution in [0.15, 0.2) is 12.4 Å². The van der Waals surface area contributed by atoms with Gasteiger partial charge in [-0.3, -0.25) is 9.47 Å². The Labute approximate surface area is 130 Å². The number of likely N-dealkylation sites (tertiary alicyclic amines) is 1. The molecule has 0 radical (unpaired) electrons. The molecule has 1 aromatic rings. The average Bonchev–Trinajstić information content (AvgIpc) is 2.78. The van der Waals surface area contributed by atoms with Gasteiger partial charge in [0.2, 0.25) is 0 Å². The molecule has 4 nitrogen and oxygen atoms in total. The second-order valence-electron chi connectivity index (χ2n) is 4.83. The number of nitrogens with one attached hydrogen (secondary N) is 1. The van der Waals surface area contributed by atoms with E-state index in [1.54, 1.807) is 0 Å². The molecule has 0 saturated carbocycles. The first-order valence-electron chi connectivity index (χ1n) is 6.37. The minimum atomic E-state index is -2.50. The molecule has 0 bridgehead atoms. The van der Waals surface area contributed by atoms with Crippen molar-refractivity contribution in [3.05, 3.63) is 18.2 Å². The number of imidazole rings is 1. The summed E-state index contributed by atoms with van der Waals surface area (Å²) in [6.45, 7) is 0.922. The van der Waals surface area contributed by atoms with E-state index in [4.69, 9.17) is 0 Å². The zero-order chi connectivity index (χ0) is 13.0. The van der Waals surface area contributed by atoms with Gasteiger partial charge in [-0.15, -0.1) is 24.8 Å². The van der Waals surface area contributed by atoms with Crippen LogP contribution in [0.1, 0.15) is 25.2 Å². The van der Waals surface area contributed by atoms with E-state index in [1.807, 2.05) is 7.05 Å². The maximum atomic E-state index is 12.7. The maximum Gasteiger partial charge on any atom is 0.319 e. The van der Waals surface area contributed by atoms with Crippen LogP contribution in [-0.4, -0.2) is 41.1 Å². The third-order valence-electron chi connectivity index (χ3n) is 3.42. The van der Waals surface area contributed by atoms with Gasteiger partial charge in [0, 0.05) is 18.9 Å². The molecular formula is C12H22Cl2F2N4. The lowest BCUT2D eigenvalue weighted by Crippen LogP contribution is -2.39. The summed E-state index contributed by atoms with van der Waals surface area (Å²) in [4.78, 5) is 6.24. The second kappa shape index (κ2) is 9.50. The highest BCUT2D eigenvalue weighted by molar-refractivity contribution is 5.85. The Hall–Kier alpha value is -0.430. The molecule has 0 aromatic carbocycles. The number of aromatic nitrogens is 2. The van der Waals surface area contributed by atoms with Crippen molar-refractivity contribution in [2.45, 2.75) is 25.9 Å². The monoisotopic (exact) mass is 330 g/mol. The molecule has 0 spiro atoms. The SMILES string of the molecule is CNCC1CCCN(Cc2nccn2C(F)F)C1.Cl.Cl. The summed E-state index contributed by atoms with van der Waals surface area (Å²) >= 11 is 0. The Morgan fingerprint density at radius 2 is 2.20 bits per heavy atom. The van der Waals surface area contributed by atoms with Crippen LogP contribution in [-0.2, 0) is 6.54 Å². The fourth-order valence-electron chi connectivity index (χ4n) is 2.59. The molecule has 1 N–H and O–H groups in total. The molecule has 0 amide bonds. The fourth-order valence-corrected chi connectivity index (χ4v) is 2.59. The molecule has 1 aliphatic heterocycles. The predicted molar refractivity (Wildman–Crippen MR) is 79.9 cm³/mol. The Morgan fingerprint density at radius 3 is 2.85 bits per heavy atom. The third-order valence-corrected chi connectivity index (χ3v) is 3.42. The predicted octanol–water partition coefficient (Wildman–Crippen LogP) is 2.55. The molecule has 20 heavy (non-hydrogen) atoms. The highest BCUT2D eigenvalue weighted by Crippen LogP contribution is 2.19. The molecule has 2 rings (SSSR count). The Bertz CT molecular complexity index is 374. The molecule has 1 unspecified atom stereocenters. The van der Waals surface area contributed by atoms with Crippen molar-refractivity contribution in [1.82, 2.24) is 19.8 Å². The summed E-state index contributed by atoms with van der Waals surface area (Å²) in [5, 5.41) is 3.18. The van der Waals surface area contributed by atoms with E-state index >= 15 is 0 Å². The van der Waals surface area contributed by atoms with Gasteiger partial charge in [-0.25, -0.2) is 4.98 Å². The van der Waals surface area contributed by atoms with Crippen LogP contribution in [0.2, 0.25) is 0 Å². The lowest BCUT2D eigenvalue weighted by molar-refractivity contribution is 0.0619. The molecule has 1 aliphatic rings. The molecule has 1 aromatic heterocycles. The zero-order valence-corrected chi connectivity index (χ0v) is 13.1. The van der Waals surface area contributed by atoms with Crippen LogP contribution in [0.3, 0.4) is 0 Å². The van der Waals surface area contributed by atoms with E-state index in [-0.39, 0.29) is 24.8 Å². The van der Waals surface area contributed by atoms with Crippen LogP contribution < -0.4 is 5.32 Å². The smallest absolute Gasteiger partial charge is 0.319 e. The van der Waals surface area contributed by atoms with Crippen LogP contribution in [0.25, 0.3) is 0 Å². The van der Waals surface area contributed by atoms with Crippen molar-refractivity contribution < 1.29 is 8.78 Å². The fraction of sp³-hybridized carbons (Fsp3) is 0.750. The molecule has 8 heteroatoms. The number of alkyl halides is 2. The van der Waals surface area contributed by atoms with E-state index in [1.165, 1.54) is 18.8 Å². The molecule has 1 saturated heterocycles. The Kier molecular flexibility index (Phi) is 9.29. The zero-order valence-electron chi connectivity index (χ0n) is 11.5. The van der Waals surface area contributed by atoms with Gasteiger partial charge in [-0.1, -0.05) is 0 Å². The van der Waals surface area contributed by atoms with Crippen LogP contribution in [0.5, 0.6) is 0 Å². The average molecular weight is 331 g/mol. The Morgan fingerprint density at radius 1 is 1.45 bits per heavy atom.